The van der Waals surface area contributed by atoms with Crippen LogP contribution in [0.25, 0.3) is 0 Å². The average Bonchev–Trinajstić information content (AvgIpc) is 3.25. The molecule has 5 rings (SSSR count). The molecule has 4 heterocycles. The van der Waals surface area contributed by atoms with E-state index in [4.69, 9.17) is 9.72 Å². The van der Waals surface area contributed by atoms with E-state index < -0.39 is 0 Å². The zero-order valence-electron chi connectivity index (χ0n) is 19.7. The van der Waals surface area contributed by atoms with Crippen LogP contribution in [0.5, 0.6) is 0 Å². The van der Waals surface area contributed by atoms with Gasteiger partial charge in [0.05, 0.1) is 12.3 Å². The van der Waals surface area contributed by atoms with E-state index in [0.717, 1.165) is 71.3 Å². The second-order valence-corrected chi connectivity index (χ2v) is 10.1. The van der Waals surface area contributed by atoms with Gasteiger partial charge in [-0.15, -0.1) is 0 Å². The minimum Gasteiger partial charge on any atom is -0.450 e. The summed E-state index contributed by atoms with van der Waals surface area (Å²) in [5, 5.41) is 0. The molecule has 0 bridgehead atoms. The molecule has 8 heteroatoms. The molecule has 3 aliphatic heterocycles. The van der Waals surface area contributed by atoms with Crippen molar-refractivity contribution in [2.24, 2.45) is 5.41 Å². The van der Waals surface area contributed by atoms with Crippen molar-refractivity contribution in [2.75, 3.05) is 88.9 Å². The van der Waals surface area contributed by atoms with Crippen molar-refractivity contribution in [1.29, 1.82) is 0 Å². The van der Waals surface area contributed by atoms with Gasteiger partial charge in [0.25, 0.3) is 0 Å². The molecule has 0 radical (unpaired) electrons. The Kier molecular flexibility index (Phi) is 6.16. The summed E-state index contributed by atoms with van der Waals surface area (Å²) in [6.07, 6.45) is 5.52. The highest BCUT2D eigenvalue weighted by molar-refractivity contribution is 5.69. The molecule has 0 N–H and O–H groups in total. The lowest BCUT2D eigenvalue weighted by Gasteiger charge is -2.48. The summed E-state index contributed by atoms with van der Waals surface area (Å²) in [6.45, 7) is 12.7. The Morgan fingerprint density at radius 1 is 1.09 bits per heavy atom. The number of anilines is 2. The number of carbonyl (C=O) groups excluding carboxylic acids is 1. The SMILES string of the molecule is CCOC(=O)N1CC2(CC[C@@H](N3CCN(c4ncccc4N4CCN(C)CC4)CC3)C2)C1. The molecule has 1 atom stereocenters. The van der Waals surface area contributed by atoms with Gasteiger partial charge in [-0.1, -0.05) is 0 Å². The number of hydrogen-bond donors (Lipinski definition) is 0. The normalized spacial score (nSPS) is 26.4. The van der Waals surface area contributed by atoms with Gasteiger partial charge in [0.15, 0.2) is 5.82 Å². The maximum absolute atomic E-state index is 12.0. The molecule has 1 amide bonds. The first-order valence-electron chi connectivity index (χ1n) is 12.4. The van der Waals surface area contributed by atoms with Crippen LogP contribution < -0.4 is 9.80 Å². The quantitative estimate of drug-likeness (QED) is 0.707. The first-order chi connectivity index (χ1) is 15.6. The molecule has 4 fully saturated rings. The van der Waals surface area contributed by atoms with Crippen molar-refractivity contribution in [3.8, 4) is 0 Å². The van der Waals surface area contributed by atoms with Gasteiger partial charge in [-0.05, 0) is 45.4 Å². The van der Waals surface area contributed by atoms with Gasteiger partial charge >= 0.3 is 6.09 Å². The third-order valence-corrected chi connectivity index (χ3v) is 8.00. The van der Waals surface area contributed by atoms with E-state index in [0.29, 0.717) is 18.1 Å². The summed E-state index contributed by atoms with van der Waals surface area (Å²) in [4.78, 5) is 28.7. The number of rotatable bonds is 4. The third kappa shape index (κ3) is 4.27. The molecule has 1 saturated carbocycles. The minimum atomic E-state index is -0.137. The molecule has 1 aromatic rings. The second-order valence-electron chi connectivity index (χ2n) is 10.1. The maximum atomic E-state index is 12.0. The standard InChI is InChI=1S/C24H38N6O2/c1-3-32-23(31)30-18-24(19-30)7-6-20(17-24)27-13-15-29(16-14-27)22-21(5-4-8-25-22)28-11-9-26(2)10-12-28/h4-5,8,20H,3,6-7,9-19H2,1-2H3/t20-/m1/s1. The highest BCUT2D eigenvalue weighted by Gasteiger charge is 2.51. The van der Waals surface area contributed by atoms with Gasteiger partial charge in [-0.2, -0.15) is 0 Å². The molecular weight excluding hydrogens is 404 g/mol. The van der Waals surface area contributed by atoms with Crippen LogP contribution in [0.1, 0.15) is 26.2 Å². The lowest BCUT2D eigenvalue weighted by molar-refractivity contribution is -0.00294. The van der Waals surface area contributed by atoms with E-state index in [-0.39, 0.29) is 6.09 Å². The van der Waals surface area contributed by atoms with E-state index in [9.17, 15) is 4.79 Å². The molecule has 176 valence electrons. The average molecular weight is 443 g/mol. The first-order valence-corrected chi connectivity index (χ1v) is 12.4. The molecule has 1 aliphatic carbocycles. The fourth-order valence-electron chi connectivity index (χ4n) is 6.11. The van der Waals surface area contributed by atoms with Gasteiger partial charge in [0.1, 0.15) is 0 Å². The van der Waals surface area contributed by atoms with Gasteiger partial charge in [0.2, 0.25) is 0 Å². The molecule has 4 aliphatic rings. The van der Waals surface area contributed by atoms with Crippen LogP contribution in [-0.4, -0.2) is 111 Å². The fraction of sp³-hybridized carbons (Fsp3) is 0.750. The number of aromatic nitrogens is 1. The molecule has 1 aromatic heterocycles. The number of hydrogen-bond acceptors (Lipinski definition) is 7. The lowest BCUT2D eigenvalue weighted by atomic mass is 9.78. The van der Waals surface area contributed by atoms with E-state index >= 15 is 0 Å². The van der Waals surface area contributed by atoms with Crippen LogP contribution in [0, 0.1) is 5.41 Å². The Balaban J connectivity index is 1.15. The highest BCUT2D eigenvalue weighted by Crippen LogP contribution is 2.47. The Labute approximate surface area is 192 Å². The van der Waals surface area contributed by atoms with Crippen molar-refractivity contribution in [3.05, 3.63) is 18.3 Å². The molecule has 8 nitrogen and oxygen atoms in total. The predicted octanol–water partition coefficient (Wildman–Crippen LogP) is 1.97. The topological polar surface area (TPSA) is 55.4 Å². The van der Waals surface area contributed by atoms with E-state index in [1.165, 1.54) is 24.9 Å². The highest BCUT2D eigenvalue weighted by atomic mass is 16.6. The largest absolute Gasteiger partial charge is 0.450 e. The van der Waals surface area contributed by atoms with E-state index in [2.05, 4.69) is 38.8 Å². The van der Waals surface area contributed by atoms with Crippen LogP contribution in [-0.2, 0) is 4.74 Å². The lowest BCUT2D eigenvalue weighted by Crippen LogP contribution is -2.58. The van der Waals surface area contributed by atoms with Gasteiger partial charge in [0, 0.05) is 83.1 Å². The molecule has 0 aromatic carbocycles. The van der Waals surface area contributed by atoms with Crippen molar-refractivity contribution < 1.29 is 9.53 Å². The monoisotopic (exact) mass is 442 g/mol. The number of piperazine rings is 2. The number of nitrogens with zero attached hydrogens (tertiary/aromatic N) is 6. The summed E-state index contributed by atoms with van der Waals surface area (Å²) < 4.78 is 5.16. The number of ether oxygens (including phenoxy) is 1. The maximum Gasteiger partial charge on any atom is 0.409 e. The van der Waals surface area contributed by atoms with E-state index in [1.807, 2.05) is 18.0 Å². The summed E-state index contributed by atoms with van der Waals surface area (Å²) in [5.74, 6) is 1.16. The Hall–Kier alpha value is -2.06. The zero-order chi connectivity index (χ0) is 22.1. The van der Waals surface area contributed by atoms with Crippen molar-refractivity contribution in [1.82, 2.24) is 19.7 Å². The number of carbonyl (C=O) groups is 1. The van der Waals surface area contributed by atoms with Crippen LogP contribution in [0.4, 0.5) is 16.3 Å². The minimum absolute atomic E-state index is 0.137. The Bertz CT molecular complexity index is 797. The van der Waals surface area contributed by atoms with Crippen LogP contribution in [0.3, 0.4) is 0 Å². The summed E-state index contributed by atoms with van der Waals surface area (Å²) >= 11 is 0. The van der Waals surface area contributed by atoms with Gasteiger partial charge in [-0.25, -0.2) is 9.78 Å². The van der Waals surface area contributed by atoms with Crippen molar-refractivity contribution in [3.63, 3.8) is 0 Å². The molecule has 3 saturated heterocycles. The summed E-state index contributed by atoms with van der Waals surface area (Å²) in [5.41, 5.74) is 1.63. The van der Waals surface area contributed by atoms with Gasteiger partial charge in [-0.3, -0.25) is 4.90 Å². The fourth-order valence-corrected chi connectivity index (χ4v) is 6.11. The van der Waals surface area contributed by atoms with Crippen LogP contribution in [0.2, 0.25) is 0 Å². The number of pyridine rings is 1. The molecule has 0 unspecified atom stereocenters. The third-order valence-electron chi connectivity index (χ3n) is 8.00. The number of amides is 1. The number of likely N-dealkylation sites (N-methyl/N-ethyl adjacent to an activating group) is 1. The predicted molar refractivity (Wildman–Crippen MR) is 126 cm³/mol. The second kappa shape index (κ2) is 9.06. The summed E-state index contributed by atoms with van der Waals surface area (Å²) in [6, 6.07) is 4.97. The summed E-state index contributed by atoms with van der Waals surface area (Å²) in [7, 11) is 2.20. The van der Waals surface area contributed by atoms with Crippen LogP contribution >= 0.6 is 0 Å². The van der Waals surface area contributed by atoms with Crippen molar-refractivity contribution >= 4 is 17.6 Å². The number of likely N-dealkylation sites (tertiary alicyclic amines) is 1. The van der Waals surface area contributed by atoms with Gasteiger partial charge < -0.3 is 24.3 Å². The Morgan fingerprint density at radius 3 is 2.53 bits per heavy atom. The van der Waals surface area contributed by atoms with Crippen molar-refractivity contribution in [2.45, 2.75) is 32.2 Å². The molecule has 32 heavy (non-hydrogen) atoms. The zero-order valence-corrected chi connectivity index (χ0v) is 19.7. The molecular formula is C24H38N6O2. The van der Waals surface area contributed by atoms with E-state index in [1.54, 1.807) is 0 Å². The smallest absolute Gasteiger partial charge is 0.409 e. The van der Waals surface area contributed by atoms with Crippen LogP contribution in [0.15, 0.2) is 18.3 Å². The first kappa shape index (κ1) is 21.8. The Morgan fingerprint density at radius 2 is 1.81 bits per heavy atom. The molecule has 1 spiro atoms.